The molecular formula is C28H20F6N4O2. The van der Waals surface area contributed by atoms with Crippen LogP contribution in [-0.4, -0.2) is 45.6 Å². The molecule has 2 amide bonds. The number of nitrogens with zero attached hydrogens (tertiary/aromatic N) is 4. The van der Waals surface area contributed by atoms with E-state index in [4.69, 9.17) is 0 Å². The molecule has 0 radical (unpaired) electrons. The molecule has 0 N–H and O–H groups in total. The first-order valence-corrected chi connectivity index (χ1v) is 12.1. The summed E-state index contributed by atoms with van der Waals surface area (Å²) < 4.78 is 79.7. The normalized spacial score (nSPS) is 19.4. The van der Waals surface area contributed by atoms with Crippen LogP contribution in [-0.2, 0) is 9.59 Å². The highest BCUT2D eigenvalue weighted by Crippen LogP contribution is 2.38. The molecule has 5 rings (SSSR count). The Morgan fingerprint density at radius 1 is 0.575 bits per heavy atom. The molecule has 40 heavy (non-hydrogen) atoms. The Morgan fingerprint density at radius 2 is 0.900 bits per heavy atom. The first-order valence-electron chi connectivity index (χ1n) is 12.1. The van der Waals surface area contributed by atoms with Gasteiger partial charge < -0.3 is 0 Å². The van der Waals surface area contributed by atoms with E-state index in [0.29, 0.717) is 32.3 Å². The van der Waals surface area contributed by atoms with Crippen molar-refractivity contribution in [1.82, 2.24) is 10.0 Å². The zero-order valence-corrected chi connectivity index (χ0v) is 20.5. The van der Waals surface area contributed by atoms with Crippen molar-refractivity contribution in [2.75, 3.05) is 0 Å². The summed E-state index contributed by atoms with van der Waals surface area (Å²) in [6.45, 7) is 0. The lowest BCUT2D eigenvalue weighted by Crippen LogP contribution is -2.38. The number of benzene rings is 3. The number of hydrogen-bond donors (Lipinski definition) is 0. The standard InChI is InChI=1S/C28H20F6N4O2/c29-27(30,31)25(39)37-23(19-7-3-1-4-8-19)15-21(35-37)17-11-13-18(14-12-17)22-16-24(20-9-5-2-6-10-20)38(36-22)26(40)28(32,33)34/h1-14,23-24H,15-16H2/t23-,24-/m1/s1. The van der Waals surface area contributed by atoms with Crippen molar-refractivity contribution in [2.24, 2.45) is 10.2 Å². The number of carbonyl (C=O) groups excluding carboxylic acids is 2. The summed E-state index contributed by atoms with van der Waals surface area (Å²) in [4.78, 5) is 24.3. The van der Waals surface area contributed by atoms with Gasteiger partial charge in [-0.25, -0.2) is 10.0 Å². The largest absolute Gasteiger partial charge is 0.473 e. The highest BCUT2D eigenvalue weighted by molar-refractivity contribution is 6.06. The van der Waals surface area contributed by atoms with E-state index in [0.717, 1.165) is 0 Å². The summed E-state index contributed by atoms with van der Waals surface area (Å²) in [5, 5.41) is 8.86. The van der Waals surface area contributed by atoms with Gasteiger partial charge in [-0.15, -0.1) is 0 Å². The Labute approximate surface area is 224 Å². The second-order valence-electron chi connectivity index (χ2n) is 9.23. The van der Waals surface area contributed by atoms with E-state index in [9.17, 15) is 35.9 Å². The highest BCUT2D eigenvalue weighted by Gasteiger charge is 2.49. The van der Waals surface area contributed by atoms with Gasteiger partial charge in [-0.1, -0.05) is 84.9 Å². The molecule has 0 spiro atoms. The predicted octanol–water partition coefficient (Wildman–Crippen LogP) is 6.17. The summed E-state index contributed by atoms with van der Waals surface area (Å²) in [5.74, 6) is -4.18. The lowest BCUT2D eigenvalue weighted by Gasteiger charge is -2.22. The highest BCUT2D eigenvalue weighted by atomic mass is 19.4. The van der Waals surface area contributed by atoms with Crippen molar-refractivity contribution in [3.8, 4) is 0 Å². The third-order valence-electron chi connectivity index (χ3n) is 6.64. The fourth-order valence-electron chi connectivity index (χ4n) is 4.73. The van der Waals surface area contributed by atoms with Crippen molar-refractivity contribution in [3.63, 3.8) is 0 Å². The second kappa shape index (κ2) is 10.2. The fourth-order valence-corrected chi connectivity index (χ4v) is 4.73. The van der Waals surface area contributed by atoms with E-state index in [1.165, 1.54) is 0 Å². The topological polar surface area (TPSA) is 65.3 Å². The average Bonchev–Trinajstić information content (AvgIpc) is 3.58. The molecule has 0 unspecified atom stereocenters. The molecular weight excluding hydrogens is 538 g/mol. The van der Waals surface area contributed by atoms with Crippen LogP contribution < -0.4 is 0 Å². The van der Waals surface area contributed by atoms with Gasteiger partial charge >= 0.3 is 24.2 Å². The molecule has 0 saturated carbocycles. The van der Waals surface area contributed by atoms with Gasteiger partial charge in [0, 0.05) is 12.8 Å². The van der Waals surface area contributed by atoms with E-state index in [1.807, 2.05) is 0 Å². The Hall–Kier alpha value is -4.48. The van der Waals surface area contributed by atoms with Gasteiger partial charge in [-0.05, 0) is 22.3 Å². The second-order valence-corrected chi connectivity index (χ2v) is 9.23. The Balaban J connectivity index is 1.43. The SMILES string of the molecule is O=C(N1N=C(c2ccc(C3=NN(C(=O)C(F)(F)F)[C@@H](c4ccccc4)C3)cc2)C[C@@H]1c1ccccc1)C(F)(F)F. The summed E-state index contributed by atoms with van der Waals surface area (Å²) in [6, 6.07) is 20.7. The molecule has 2 heterocycles. The minimum absolute atomic E-state index is 0.0239. The minimum atomic E-state index is -5.12. The predicted molar refractivity (Wildman–Crippen MR) is 133 cm³/mol. The van der Waals surface area contributed by atoms with E-state index >= 15 is 0 Å². The van der Waals surface area contributed by atoms with Crippen LogP contribution in [0.1, 0.15) is 47.2 Å². The Kier molecular flexibility index (Phi) is 6.94. The quantitative estimate of drug-likeness (QED) is 0.360. The summed E-state index contributed by atoms with van der Waals surface area (Å²) in [6.07, 6.45) is -10.2. The summed E-state index contributed by atoms with van der Waals surface area (Å²) >= 11 is 0. The molecule has 0 bridgehead atoms. The van der Waals surface area contributed by atoms with Crippen LogP contribution in [0.5, 0.6) is 0 Å². The molecule has 6 nitrogen and oxygen atoms in total. The monoisotopic (exact) mass is 558 g/mol. The van der Waals surface area contributed by atoms with Crippen LogP contribution in [0.3, 0.4) is 0 Å². The zero-order valence-electron chi connectivity index (χ0n) is 20.5. The van der Waals surface area contributed by atoms with Crippen LogP contribution in [0, 0.1) is 0 Å². The van der Waals surface area contributed by atoms with Crippen LogP contribution in [0.2, 0.25) is 0 Å². The third kappa shape index (κ3) is 5.33. The fraction of sp³-hybridized carbons (Fsp3) is 0.214. The van der Waals surface area contributed by atoms with E-state index in [1.54, 1.807) is 84.9 Å². The number of halogens is 6. The van der Waals surface area contributed by atoms with Gasteiger partial charge in [-0.2, -0.15) is 36.5 Å². The summed E-state index contributed by atoms with van der Waals surface area (Å²) in [5.41, 5.74) is 2.31. The van der Waals surface area contributed by atoms with Crippen molar-refractivity contribution >= 4 is 23.2 Å². The molecule has 206 valence electrons. The zero-order chi connectivity index (χ0) is 28.7. The number of hydrazone groups is 2. The number of alkyl halides is 6. The molecule has 3 aromatic carbocycles. The van der Waals surface area contributed by atoms with Gasteiger partial charge in [0.2, 0.25) is 0 Å². The smallest absolute Gasteiger partial charge is 0.262 e. The van der Waals surface area contributed by atoms with E-state index in [2.05, 4.69) is 10.2 Å². The molecule has 12 heteroatoms. The molecule has 2 aliphatic rings. The minimum Gasteiger partial charge on any atom is -0.262 e. The Morgan fingerprint density at radius 3 is 1.20 bits per heavy atom. The van der Waals surface area contributed by atoms with Crippen molar-refractivity contribution in [2.45, 2.75) is 37.3 Å². The molecule has 0 aromatic heterocycles. The maximum absolute atomic E-state index is 13.3. The number of amides is 2. The molecule has 0 fully saturated rings. The van der Waals surface area contributed by atoms with Crippen LogP contribution in [0.25, 0.3) is 0 Å². The molecule has 0 saturated heterocycles. The lowest BCUT2D eigenvalue weighted by molar-refractivity contribution is -0.187. The van der Waals surface area contributed by atoms with Crippen molar-refractivity contribution in [3.05, 3.63) is 107 Å². The Bertz CT molecular complexity index is 1360. The van der Waals surface area contributed by atoms with Crippen LogP contribution in [0.4, 0.5) is 26.3 Å². The number of hydrogen-bond acceptors (Lipinski definition) is 4. The summed E-state index contributed by atoms with van der Waals surface area (Å²) in [7, 11) is 0. The molecule has 2 aliphatic heterocycles. The maximum Gasteiger partial charge on any atom is 0.473 e. The van der Waals surface area contributed by atoms with Gasteiger partial charge in [0.05, 0.1) is 23.5 Å². The lowest BCUT2D eigenvalue weighted by atomic mass is 9.95. The number of carbonyl (C=O) groups is 2. The van der Waals surface area contributed by atoms with Gasteiger partial charge in [0.15, 0.2) is 0 Å². The van der Waals surface area contributed by atoms with Gasteiger partial charge in [-0.3, -0.25) is 9.59 Å². The van der Waals surface area contributed by atoms with E-state index < -0.39 is 36.3 Å². The number of rotatable bonds is 4. The van der Waals surface area contributed by atoms with Crippen molar-refractivity contribution in [1.29, 1.82) is 0 Å². The maximum atomic E-state index is 13.3. The first-order chi connectivity index (χ1) is 18.9. The molecule has 2 atom stereocenters. The van der Waals surface area contributed by atoms with E-state index in [-0.39, 0.29) is 24.3 Å². The van der Waals surface area contributed by atoms with Gasteiger partial charge in [0.25, 0.3) is 0 Å². The van der Waals surface area contributed by atoms with Crippen molar-refractivity contribution < 1.29 is 35.9 Å². The first kappa shape index (κ1) is 27.1. The molecule has 0 aliphatic carbocycles. The van der Waals surface area contributed by atoms with Crippen LogP contribution >= 0.6 is 0 Å². The van der Waals surface area contributed by atoms with Crippen LogP contribution in [0.15, 0.2) is 95.1 Å². The third-order valence-corrected chi connectivity index (χ3v) is 6.64. The average molecular weight is 558 g/mol. The molecule has 3 aromatic rings. The van der Waals surface area contributed by atoms with Gasteiger partial charge in [0.1, 0.15) is 0 Å².